The van der Waals surface area contributed by atoms with Crippen molar-refractivity contribution in [2.24, 2.45) is 5.10 Å². The average molecular weight is 329 g/mol. The summed E-state index contributed by atoms with van der Waals surface area (Å²) in [7, 11) is 0. The van der Waals surface area contributed by atoms with Gasteiger partial charge in [-0.15, -0.1) is 0 Å². The normalized spacial score (nSPS) is 21.7. The molecule has 0 saturated carbocycles. The van der Waals surface area contributed by atoms with Crippen LogP contribution in [0.5, 0.6) is 0 Å². The SMILES string of the molecule is Cc1ccc(C)c(N2N=C(C(=O)N3CCO[C@@H](C)C3)CCC2=O)c1. The Bertz CT molecular complexity index is 699. The number of nitrogens with zero attached hydrogens (tertiary/aromatic N) is 3. The van der Waals surface area contributed by atoms with E-state index in [1.807, 2.05) is 39.0 Å². The fourth-order valence-corrected chi connectivity index (χ4v) is 3.03. The van der Waals surface area contributed by atoms with Crippen LogP contribution in [0.1, 0.15) is 30.9 Å². The molecule has 2 aliphatic heterocycles. The summed E-state index contributed by atoms with van der Waals surface area (Å²) in [6.45, 7) is 7.54. The molecule has 2 amide bonds. The topological polar surface area (TPSA) is 62.2 Å². The van der Waals surface area contributed by atoms with E-state index in [9.17, 15) is 9.59 Å². The van der Waals surface area contributed by atoms with Crippen molar-refractivity contribution in [1.82, 2.24) is 4.90 Å². The number of carbonyl (C=O) groups is 2. The number of benzene rings is 1. The Kier molecular flexibility index (Phi) is 4.66. The van der Waals surface area contributed by atoms with Crippen LogP contribution >= 0.6 is 0 Å². The molecule has 6 heteroatoms. The fourth-order valence-electron chi connectivity index (χ4n) is 3.03. The minimum atomic E-state index is -0.0899. The van der Waals surface area contributed by atoms with Gasteiger partial charge in [-0.2, -0.15) is 5.10 Å². The predicted molar refractivity (Wildman–Crippen MR) is 92.1 cm³/mol. The molecule has 2 heterocycles. The van der Waals surface area contributed by atoms with Crippen LogP contribution < -0.4 is 5.01 Å². The quantitative estimate of drug-likeness (QED) is 0.834. The average Bonchev–Trinajstić information content (AvgIpc) is 2.57. The predicted octanol–water partition coefficient (Wildman–Crippen LogP) is 2.03. The lowest BCUT2D eigenvalue weighted by molar-refractivity contribution is -0.131. The van der Waals surface area contributed by atoms with Crippen LogP contribution in [0.25, 0.3) is 0 Å². The number of carbonyl (C=O) groups excluding carboxylic acids is 2. The molecule has 0 bridgehead atoms. The van der Waals surface area contributed by atoms with Crippen LogP contribution in [0.3, 0.4) is 0 Å². The number of anilines is 1. The second kappa shape index (κ2) is 6.73. The molecule has 1 aromatic rings. The first kappa shape index (κ1) is 16.6. The summed E-state index contributed by atoms with van der Waals surface area (Å²) in [4.78, 5) is 26.8. The lowest BCUT2D eigenvalue weighted by atomic mass is 10.1. The third-order valence-electron chi connectivity index (χ3n) is 4.40. The number of hydrogen-bond acceptors (Lipinski definition) is 4. The van der Waals surface area contributed by atoms with Gasteiger partial charge in [-0.05, 0) is 38.0 Å². The molecule has 0 N–H and O–H groups in total. The third kappa shape index (κ3) is 3.33. The van der Waals surface area contributed by atoms with Gasteiger partial charge in [0.2, 0.25) is 5.91 Å². The Morgan fingerprint density at radius 3 is 2.83 bits per heavy atom. The molecule has 0 aliphatic carbocycles. The molecule has 1 aromatic carbocycles. The first-order valence-electron chi connectivity index (χ1n) is 8.34. The van der Waals surface area contributed by atoms with E-state index in [0.29, 0.717) is 38.2 Å². The highest BCUT2D eigenvalue weighted by Crippen LogP contribution is 2.25. The zero-order chi connectivity index (χ0) is 17.3. The van der Waals surface area contributed by atoms with Gasteiger partial charge in [0.1, 0.15) is 5.71 Å². The van der Waals surface area contributed by atoms with E-state index >= 15 is 0 Å². The summed E-state index contributed by atoms with van der Waals surface area (Å²) in [5.41, 5.74) is 3.22. The molecule has 128 valence electrons. The molecule has 24 heavy (non-hydrogen) atoms. The van der Waals surface area contributed by atoms with Crippen molar-refractivity contribution in [2.45, 2.75) is 39.7 Å². The monoisotopic (exact) mass is 329 g/mol. The molecule has 6 nitrogen and oxygen atoms in total. The number of aryl methyl sites for hydroxylation is 2. The summed E-state index contributed by atoms with van der Waals surface area (Å²) in [5, 5.41) is 5.80. The Labute approximate surface area is 142 Å². The Morgan fingerprint density at radius 1 is 1.29 bits per heavy atom. The number of morpholine rings is 1. The Morgan fingerprint density at radius 2 is 2.08 bits per heavy atom. The maximum absolute atomic E-state index is 12.7. The van der Waals surface area contributed by atoms with Gasteiger partial charge in [0.25, 0.3) is 5.91 Å². The smallest absolute Gasteiger partial charge is 0.270 e. The molecule has 0 radical (unpaired) electrons. The molecule has 0 unspecified atom stereocenters. The minimum Gasteiger partial charge on any atom is -0.375 e. The minimum absolute atomic E-state index is 0.0312. The largest absolute Gasteiger partial charge is 0.375 e. The Balaban J connectivity index is 1.88. The van der Waals surface area contributed by atoms with E-state index in [2.05, 4.69) is 5.10 Å². The number of hydrogen-bond donors (Lipinski definition) is 0. The van der Waals surface area contributed by atoms with Crippen molar-refractivity contribution >= 4 is 23.2 Å². The van der Waals surface area contributed by atoms with Gasteiger partial charge in [-0.25, -0.2) is 5.01 Å². The molecule has 0 aromatic heterocycles. The van der Waals surface area contributed by atoms with Crippen molar-refractivity contribution < 1.29 is 14.3 Å². The first-order chi connectivity index (χ1) is 11.5. The lowest BCUT2D eigenvalue weighted by Gasteiger charge is -2.32. The third-order valence-corrected chi connectivity index (χ3v) is 4.40. The van der Waals surface area contributed by atoms with E-state index in [-0.39, 0.29) is 17.9 Å². The van der Waals surface area contributed by atoms with Crippen LogP contribution in [0.4, 0.5) is 5.69 Å². The van der Waals surface area contributed by atoms with Crippen molar-refractivity contribution in [2.75, 3.05) is 24.7 Å². The van der Waals surface area contributed by atoms with E-state index in [4.69, 9.17) is 4.74 Å². The summed E-state index contributed by atoms with van der Waals surface area (Å²) >= 11 is 0. The second-order valence-electron chi connectivity index (χ2n) is 6.47. The number of amides is 2. The lowest BCUT2D eigenvalue weighted by Crippen LogP contribution is -2.48. The van der Waals surface area contributed by atoms with Gasteiger partial charge in [-0.1, -0.05) is 12.1 Å². The van der Waals surface area contributed by atoms with Gasteiger partial charge < -0.3 is 9.64 Å². The van der Waals surface area contributed by atoms with Crippen molar-refractivity contribution in [1.29, 1.82) is 0 Å². The van der Waals surface area contributed by atoms with Gasteiger partial charge in [0.15, 0.2) is 0 Å². The molecule has 1 atom stereocenters. The van der Waals surface area contributed by atoms with Crippen molar-refractivity contribution in [3.8, 4) is 0 Å². The summed E-state index contributed by atoms with van der Waals surface area (Å²) < 4.78 is 5.48. The highest BCUT2D eigenvalue weighted by molar-refractivity contribution is 6.40. The maximum Gasteiger partial charge on any atom is 0.270 e. The van der Waals surface area contributed by atoms with Crippen molar-refractivity contribution in [3.05, 3.63) is 29.3 Å². The summed E-state index contributed by atoms with van der Waals surface area (Å²) in [6.07, 6.45) is 0.728. The molecule has 1 saturated heterocycles. The van der Waals surface area contributed by atoms with E-state index in [1.54, 1.807) is 4.90 Å². The van der Waals surface area contributed by atoms with Crippen LogP contribution in [0.2, 0.25) is 0 Å². The zero-order valence-corrected chi connectivity index (χ0v) is 14.4. The van der Waals surface area contributed by atoms with Crippen LogP contribution in [-0.2, 0) is 14.3 Å². The number of hydrazone groups is 1. The maximum atomic E-state index is 12.7. The van der Waals surface area contributed by atoms with Crippen molar-refractivity contribution in [3.63, 3.8) is 0 Å². The van der Waals surface area contributed by atoms with Gasteiger partial charge >= 0.3 is 0 Å². The molecule has 0 spiro atoms. The van der Waals surface area contributed by atoms with E-state index in [1.165, 1.54) is 5.01 Å². The Hall–Kier alpha value is -2.21. The van der Waals surface area contributed by atoms with Crippen LogP contribution in [-0.4, -0.2) is 48.2 Å². The van der Waals surface area contributed by atoms with Gasteiger partial charge in [0, 0.05) is 25.9 Å². The molecular weight excluding hydrogens is 306 g/mol. The van der Waals surface area contributed by atoms with E-state index < -0.39 is 0 Å². The standard InChI is InChI=1S/C18H23N3O3/c1-12-4-5-13(2)16(10-12)21-17(22)7-6-15(19-21)18(23)20-8-9-24-14(3)11-20/h4-5,10,14H,6-9,11H2,1-3H3/t14-/m0/s1. The number of ether oxygens (including phenoxy) is 1. The van der Waals surface area contributed by atoms with E-state index in [0.717, 1.165) is 16.8 Å². The van der Waals surface area contributed by atoms with Crippen LogP contribution in [0.15, 0.2) is 23.3 Å². The highest BCUT2D eigenvalue weighted by atomic mass is 16.5. The van der Waals surface area contributed by atoms with Crippen LogP contribution in [0, 0.1) is 13.8 Å². The van der Waals surface area contributed by atoms with Gasteiger partial charge in [-0.3, -0.25) is 9.59 Å². The fraction of sp³-hybridized carbons (Fsp3) is 0.500. The van der Waals surface area contributed by atoms with Gasteiger partial charge in [0.05, 0.1) is 18.4 Å². The zero-order valence-electron chi connectivity index (χ0n) is 14.4. The number of rotatable bonds is 2. The first-order valence-corrected chi connectivity index (χ1v) is 8.34. The highest BCUT2D eigenvalue weighted by Gasteiger charge is 2.30. The molecule has 1 fully saturated rings. The molecule has 2 aliphatic rings. The second-order valence-corrected chi connectivity index (χ2v) is 6.47. The summed E-state index contributed by atoms with van der Waals surface area (Å²) in [6, 6.07) is 5.90. The molecular formula is C18H23N3O3. The summed E-state index contributed by atoms with van der Waals surface area (Å²) in [5.74, 6) is -0.163. The molecule has 3 rings (SSSR count).